The Morgan fingerprint density at radius 1 is 0.590 bits per heavy atom. The molecule has 0 aliphatic heterocycles. The van der Waals surface area contributed by atoms with Gasteiger partial charge in [0.15, 0.2) is 5.25 Å². The van der Waals surface area contributed by atoms with Gasteiger partial charge in [-0.3, -0.25) is 14.1 Å². The molecule has 0 rings (SSSR count). The molecule has 8 nitrogen and oxygen atoms in total. The molecule has 0 fully saturated rings. The molecule has 0 amide bonds. The molecule has 0 bridgehead atoms. The molecule has 0 saturated heterocycles. The second-order valence-corrected chi connectivity index (χ2v) is 11.5. The topological polar surface area (TPSA) is 138 Å². The van der Waals surface area contributed by atoms with E-state index >= 15 is 0 Å². The molecule has 0 aromatic rings. The Hall–Kier alpha value is 0.810. The van der Waals surface area contributed by atoms with Crippen molar-refractivity contribution in [1.29, 1.82) is 0 Å². The van der Waals surface area contributed by atoms with Gasteiger partial charge in [-0.25, -0.2) is 0 Å². The third-order valence-corrected chi connectivity index (χ3v) is 7.37. The average Bonchev–Trinajstić information content (AvgIpc) is 2.83. The fraction of sp³-hybridized carbons (Fsp3) is 0.929. The zero-order valence-electron chi connectivity index (χ0n) is 23.6. The van der Waals surface area contributed by atoms with Crippen molar-refractivity contribution in [2.75, 3.05) is 13.2 Å². The Morgan fingerprint density at radius 2 is 0.872 bits per heavy atom. The van der Waals surface area contributed by atoms with Crippen molar-refractivity contribution >= 4 is 81.2 Å². The summed E-state index contributed by atoms with van der Waals surface area (Å²) < 4.78 is 34.4. The van der Waals surface area contributed by atoms with E-state index in [1.54, 1.807) is 0 Å². The third-order valence-electron chi connectivity index (χ3n) is 6.28. The molecule has 11 heteroatoms. The van der Waals surface area contributed by atoms with E-state index < -0.39 is 33.7 Å². The van der Waals surface area contributed by atoms with Crippen LogP contribution in [0.3, 0.4) is 0 Å². The third kappa shape index (κ3) is 38.8. The van der Waals surface area contributed by atoms with Gasteiger partial charge in [0.25, 0.3) is 10.1 Å². The number of carboxylic acid groups (broad SMARTS) is 2. The van der Waals surface area contributed by atoms with Crippen molar-refractivity contribution in [3.63, 3.8) is 0 Å². The molecule has 1 unspecified atom stereocenters. The summed E-state index contributed by atoms with van der Waals surface area (Å²) in [7, 11) is -4.84. The molecular formula is C28H58Na2O8S. The molecule has 0 radical (unpaired) electrons. The summed E-state index contributed by atoms with van der Waals surface area (Å²) in [6.45, 7) is 6.57. The van der Waals surface area contributed by atoms with Crippen LogP contribution in [0, 0.1) is 0 Å². The Labute approximate surface area is 283 Å². The first kappa shape index (κ1) is 46.8. The maximum atomic E-state index is 10.2. The van der Waals surface area contributed by atoms with Gasteiger partial charge in [0, 0.05) is 13.2 Å². The van der Waals surface area contributed by atoms with E-state index in [4.69, 9.17) is 19.5 Å². The van der Waals surface area contributed by atoms with Gasteiger partial charge < -0.3 is 14.9 Å². The van der Waals surface area contributed by atoms with Crippen LogP contribution in [0.5, 0.6) is 0 Å². The van der Waals surface area contributed by atoms with Gasteiger partial charge in [0.2, 0.25) is 0 Å². The van der Waals surface area contributed by atoms with Crippen LogP contribution in [0.15, 0.2) is 0 Å². The van der Waals surface area contributed by atoms with E-state index in [9.17, 15) is 18.0 Å². The second-order valence-electron chi connectivity index (χ2n) is 9.92. The van der Waals surface area contributed by atoms with Gasteiger partial charge in [-0.15, -0.1) is 0 Å². The molecular weight excluding hydrogens is 542 g/mol. The molecule has 0 saturated carbocycles. The molecule has 39 heavy (non-hydrogen) atoms. The van der Waals surface area contributed by atoms with Crippen LogP contribution in [0.25, 0.3) is 0 Å². The molecule has 0 aliphatic carbocycles. The first-order valence-corrected chi connectivity index (χ1v) is 16.2. The number of aliphatic carboxylic acids is 2. The van der Waals surface area contributed by atoms with Crippen LogP contribution >= 0.6 is 0 Å². The Morgan fingerprint density at radius 3 is 1.08 bits per heavy atom. The molecule has 0 heterocycles. The van der Waals surface area contributed by atoms with Gasteiger partial charge >= 0.3 is 71.1 Å². The van der Waals surface area contributed by atoms with Crippen LogP contribution in [-0.2, 0) is 24.4 Å². The van der Waals surface area contributed by atoms with Crippen LogP contribution in [0.4, 0.5) is 0 Å². The van der Waals surface area contributed by atoms with Gasteiger partial charge in [-0.2, -0.15) is 8.42 Å². The van der Waals surface area contributed by atoms with E-state index in [1.165, 1.54) is 128 Å². The van der Waals surface area contributed by atoms with Crippen molar-refractivity contribution in [3.8, 4) is 0 Å². The standard InChI is InChI=1S/C24H50O.C4H6O7S.2Na.2H/c1-3-5-7-9-11-13-15-17-19-21-23-25-24-22-20-18-16-14-12-10-8-6-4-2;5-3(6)1-2(4(7)8)12(9,10)11;;;;/h3-24H2,1-2H3;2H,1H2,(H,5,6)(H,7,8)(H,9,10,11);;;;. The van der Waals surface area contributed by atoms with Crippen molar-refractivity contribution in [2.24, 2.45) is 0 Å². The number of carboxylic acids is 2. The van der Waals surface area contributed by atoms with Gasteiger partial charge in [0.1, 0.15) is 0 Å². The molecule has 1 atom stereocenters. The fourth-order valence-electron chi connectivity index (χ4n) is 3.96. The number of unbranched alkanes of at least 4 members (excludes halogenated alkanes) is 18. The van der Waals surface area contributed by atoms with Crippen LogP contribution < -0.4 is 0 Å². The zero-order valence-corrected chi connectivity index (χ0v) is 24.4. The van der Waals surface area contributed by atoms with E-state index in [-0.39, 0.29) is 59.1 Å². The Bertz CT molecular complexity index is 611. The monoisotopic (exact) mass is 600 g/mol. The first-order chi connectivity index (χ1) is 17.7. The molecule has 0 aromatic heterocycles. The minimum atomic E-state index is -4.84. The Balaban J connectivity index is -0.000000371. The van der Waals surface area contributed by atoms with Crippen LogP contribution in [0.2, 0.25) is 0 Å². The summed E-state index contributed by atoms with van der Waals surface area (Å²) in [4.78, 5) is 20.0. The average molecular weight is 601 g/mol. The summed E-state index contributed by atoms with van der Waals surface area (Å²) in [6.07, 6.45) is 27.0. The predicted molar refractivity (Wildman–Crippen MR) is 164 cm³/mol. The van der Waals surface area contributed by atoms with E-state index in [1.807, 2.05) is 0 Å². The summed E-state index contributed by atoms with van der Waals surface area (Å²) >= 11 is 0. The van der Waals surface area contributed by atoms with Crippen LogP contribution in [-0.4, -0.2) is 113 Å². The summed E-state index contributed by atoms with van der Waals surface area (Å²) in [5.41, 5.74) is 0. The fourth-order valence-corrected chi connectivity index (χ4v) is 4.57. The van der Waals surface area contributed by atoms with Crippen LogP contribution in [0.1, 0.15) is 149 Å². The maximum absolute atomic E-state index is 10.2. The van der Waals surface area contributed by atoms with Crippen molar-refractivity contribution in [3.05, 3.63) is 0 Å². The molecule has 0 spiro atoms. The van der Waals surface area contributed by atoms with Gasteiger partial charge in [-0.05, 0) is 12.8 Å². The summed E-state index contributed by atoms with van der Waals surface area (Å²) in [5, 5.41) is 13.9. The predicted octanol–water partition coefficient (Wildman–Crippen LogP) is 6.35. The van der Waals surface area contributed by atoms with Gasteiger partial charge in [0.05, 0.1) is 6.42 Å². The second kappa shape index (κ2) is 35.0. The van der Waals surface area contributed by atoms with Crippen molar-refractivity contribution in [2.45, 2.75) is 154 Å². The number of hydrogen-bond donors (Lipinski definition) is 3. The SMILES string of the molecule is CCCCCCCCCCCCOCCCCCCCCCCCC.O=C(O)CC(C(=O)O)S(=O)(=O)O.[NaH].[NaH]. The normalized spacial score (nSPS) is 11.5. The summed E-state index contributed by atoms with van der Waals surface area (Å²) in [6, 6.07) is 0. The van der Waals surface area contributed by atoms with Crippen molar-refractivity contribution < 1.29 is 37.5 Å². The van der Waals surface area contributed by atoms with E-state index in [2.05, 4.69) is 13.8 Å². The van der Waals surface area contributed by atoms with E-state index in [0.29, 0.717) is 0 Å². The van der Waals surface area contributed by atoms with Crippen molar-refractivity contribution in [1.82, 2.24) is 0 Å². The van der Waals surface area contributed by atoms with E-state index in [0.717, 1.165) is 13.2 Å². The molecule has 226 valence electrons. The Kier molecular flexibility index (Phi) is 42.0. The first-order valence-electron chi connectivity index (χ1n) is 14.6. The summed E-state index contributed by atoms with van der Waals surface area (Å²) in [5.74, 6) is -3.50. The zero-order chi connectivity index (χ0) is 28.2. The number of ether oxygens (including phenoxy) is 1. The molecule has 3 N–H and O–H groups in total. The molecule has 0 aliphatic rings. The quantitative estimate of drug-likeness (QED) is 0.0593. The number of hydrogen-bond acceptors (Lipinski definition) is 5. The van der Waals surface area contributed by atoms with Gasteiger partial charge in [-0.1, -0.05) is 129 Å². The minimum absolute atomic E-state index is 0. The number of carbonyl (C=O) groups is 2. The number of rotatable bonds is 26. The molecule has 0 aromatic carbocycles.